The normalized spacial score (nSPS) is 11.9. The molecule has 0 radical (unpaired) electrons. The second-order valence-electron chi connectivity index (χ2n) is 3.62. The maximum atomic E-state index is 11.5. The van der Waals surface area contributed by atoms with Crippen molar-refractivity contribution < 1.29 is 12.8 Å². The van der Waals surface area contributed by atoms with Crippen LogP contribution >= 0.6 is 11.6 Å². The van der Waals surface area contributed by atoms with Crippen molar-refractivity contribution in [2.24, 2.45) is 0 Å². The van der Waals surface area contributed by atoms with Gasteiger partial charge in [0.1, 0.15) is 5.21 Å². The van der Waals surface area contributed by atoms with Crippen LogP contribution in [-0.2, 0) is 16.6 Å². The summed E-state index contributed by atoms with van der Waals surface area (Å²) in [5.74, 6) is -0.468. The Balaban J connectivity index is 2.49. The van der Waals surface area contributed by atoms with Crippen LogP contribution in [-0.4, -0.2) is 18.2 Å². The van der Waals surface area contributed by atoms with E-state index in [1.807, 2.05) is 6.92 Å². The Morgan fingerprint density at radius 3 is 2.78 bits per heavy atom. The second-order valence-corrected chi connectivity index (χ2v) is 5.93. The summed E-state index contributed by atoms with van der Waals surface area (Å²) >= 11 is 5.29. The van der Waals surface area contributed by atoms with Gasteiger partial charge in [0.05, 0.1) is 11.2 Å². The number of hydrogen-bond donors (Lipinski definition) is 1. The summed E-state index contributed by atoms with van der Waals surface area (Å²) in [7, 11) is -3.56. The van der Waals surface area contributed by atoms with Gasteiger partial charge in [-0.05, 0) is 19.1 Å². The number of aromatic nitrogens is 1. The fourth-order valence-electron chi connectivity index (χ4n) is 1.64. The van der Waals surface area contributed by atoms with E-state index in [2.05, 4.69) is 4.72 Å². The molecule has 2 rings (SSSR count). The average molecular weight is 291 g/mol. The van der Waals surface area contributed by atoms with Gasteiger partial charge in [0, 0.05) is 12.6 Å². The molecule has 1 heterocycles. The maximum Gasteiger partial charge on any atom is 0.419 e. The van der Waals surface area contributed by atoms with E-state index < -0.39 is 21.0 Å². The Hall–Kier alpha value is -1.47. The lowest BCUT2D eigenvalue weighted by atomic mass is 10.3. The highest BCUT2D eigenvalue weighted by atomic mass is 35.5. The van der Waals surface area contributed by atoms with Crippen molar-refractivity contribution in [1.29, 1.82) is 0 Å². The van der Waals surface area contributed by atoms with Crippen molar-refractivity contribution in [3.05, 3.63) is 28.7 Å². The molecule has 0 atom stereocenters. The molecule has 0 fully saturated rings. The Labute approximate surface area is 108 Å². The van der Waals surface area contributed by atoms with E-state index in [4.69, 9.17) is 16.0 Å². The molecule has 0 spiro atoms. The quantitative estimate of drug-likeness (QED) is 0.866. The topological polar surface area (TPSA) is 81.3 Å². The zero-order chi connectivity index (χ0) is 13.3. The molecule has 0 saturated heterocycles. The number of oxazole rings is 1. The van der Waals surface area contributed by atoms with Crippen LogP contribution < -0.4 is 10.5 Å². The molecular formula is C10H11ClN2O4S. The van der Waals surface area contributed by atoms with Crippen molar-refractivity contribution in [3.8, 4) is 0 Å². The van der Waals surface area contributed by atoms with Crippen LogP contribution in [0.2, 0.25) is 0 Å². The van der Waals surface area contributed by atoms with Gasteiger partial charge in [-0.15, -0.1) is 11.6 Å². The van der Waals surface area contributed by atoms with Crippen molar-refractivity contribution >= 4 is 38.4 Å². The number of benzene rings is 1. The van der Waals surface area contributed by atoms with E-state index in [0.29, 0.717) is 23.3 Å². The van der Waals surface area contributed by atoms with Gasteiger partial charge in [0.15, 0.2) is 5.58 Å². The first-order valence-corrected chi connectivity index (χ1v) is 7.35. The number of nitrogens with zero attached hydrogens (tertiary/aromatic N) is 1. The SMILES string of the molecule is CCn1c(=O)oc2cc(NS(=O)(=O)CCl)ccc21. The molecule has 0 unspecified atom stereocenters. The lowest BCUT2D eigenvalue weighted by Gasteiger charge is -2.04. The molecule has 0 saturated carbocycles. The van der Waals surface area contributed by atoms with Gasteiger partial charge in [-0.25, -0.2) is 13.2 Å². The summed E-state index contributed by atoms with van der Waals surface area (Å²) in [4.78, 5) is 11.5. The minimum absolute atomic E-state index is 0.306. The molecule has 0 amide bonds. The maximum absolute atomic E-state index is 11.5. The number of halogens is 1. The smallest absolute Gasteiger partial charge is 0.408 e. The zero-order valence-electron chi connectivity index (χ0n) is 9.51. The Bertz CT molecular complexity index is 732. The second kappa shape index (κ2) is 4.66. The van der Waals surface area contributed by atoms with Crippen LogP contribution in [0.4, 0.5) is 5.69 Å². The molecule has 2 aromatic rings. The monoisotopic (exact) mass is 290 g/mol. The van der Waals surface area contributed by atoms with E-state index in [0.717, 1.165) is 0 Å². The number of fused-ring (bicyclic) bond motifs is 1. The number of anilines is 1. The van der Waals surface area contributed by atoms with Gasteiger partial charge in [0.2, 0.25) is 10.0 Å². The molecule has 0 aliphatic carbocycles. The Kier molecular flexibility index (Phi) is 3.36. The predicted molar refractivity (Wildman–Crippen MR) is 69.4 cm³/mol. The lowest BCUT2D eigenvalue weighted by Crippen LogP contribution is -2.13. The predicted octanol–water partition coefficient (Wildman–Crippen LogP) is 1.55. The molecule has 1 aromatic carbocycles. The number of aryl methyl sites for hydroxylation is 1. The summed E-state index contributed by atoms with van der Waals surface area (Å²) in [6, 6.07) is 4.62. The molecule has 1 aromatic heterocycles. The molecule has 6 nitrogen and oxygen atoms in total. The third kappa shape index (κ3) is 2.37. The molecule has 98 valence electrons. The van der Waals surface area contributed by atoms with E-state index in [9.17, 15) is 13.2 Å². The molecule has 18 heavy (non-hydrogen) atoms. The first kappa shape index (κ1) is 13.0. The summed E-state index contributed by atoms with van der Waals surface area (Å²) < 4.78 is 31.3. The molecule has 0 bridgehead atoms. The minimum atomic E-state index is -3.56. The lowest BCUT2D eigenvalue weighted by molar-refractivity contribution is 0.513. The Morgan fingerprint density at radius 2 is 2.17 bits per heavy atom. The largest absolute Gasteiger partial charge is 0.419 e. The zero-order valence-corrected chi connectivity index (χ0v) is 11.1. The van der Waals surface area contributed by atoms with Crippen LogP contribution in [0.15, 0.2) is 27.4 Å². The fourth-order valence-corrected chi connectivity index (χ4v) is 2.34. The van der Waals surface area contributed by atoms with Gasteiger partial charge < -0.3 is 4.42 Å². The Morgan fingerprint density at radius 1 is 1.44 bits per heavy atom. The van der Waals surface area contributed by atoms with Gasteiger partial charge in [0.25, 0.3) is 0 Å². The van der Waals surface area contributed by atoms with Crippen LogP contribution in [0.25, 0.3) is 11.1 Å². The van der Waals surface area contributed by atoms with Crippen LogP contribution in [0, 0.1) is 0 Å². The summed E-state index contributed by atoms with van der Waals surface area (Å²) in [6.07, 6.45) is 0. The standard InChI is InChI=1S/C10H11ClN2O4S/c1-2-13-8-4-3-7(12-18(15,16)6-11)5-9(8)17-10(13)14/h3-5,12H,2,6H2,1H3. The van der Waals surface area contributed by atoms with Crippen LogP contribution in [0.5, 0.6) is 0 Å². The molecule has 1 N–H and O–H groups in total. The van der Waals surface area contributed by atoms with Gasteiger partial charge in [-0.1, -0.05) is 0 Å². The third-order valence-electron chi connectivity index (χ3n) is 2.40. The van der Waals surface area contributed by atoms with E-state index in [1.54, 1.807) is 12.1 Å². The van der Waals surface area contributed by atoms with Crippen molar-refractivity contribution in [1.82, 2.24) is 4.57 Å². The highest BCUT2D eigenvalue weighted by molar-refractivity contribution is 7.93. The summed E-state index contributed by atoms with van der Waals surface area (Å²) in [6.45, 7) is 2.30. The molecule has 0 aliphatic heterocycles. The number of sulfonamides is 1. The number of rotatable bonds is 4. The van der Waals surface area contributed by atoms with E-state index in [1.165, 1.54) is 10.6 Å². The number of alkyl halides is 1. The first-order chi connectivity index (χ1) is 8.46. The van der Waals surface area contributed by atoms with Gasteiger partial charge in [-0.2, -0.15) is 0 Å². The van der Waals surface area contributed by atoms with Crippen molar-refractivity contribution in [3.63, 3.8) is 0 Å². The molecular weight excluding hydrogens is 280 g/mol. The van der Waals surface area contributed by atoms with Crippen LogP contribution in [0.1, 0.15) is 6.92 Å². The third-order valence-corrected chi connectivity index (χ3v) is 4.10. The van der Waals surface area contributed by atoms with Gasteiger partial charge >= 0.3 is 5.76 Å². The fraction of sp³-hybridized carbons (Fsp3) is 0.300. The highest BCUT2D eigenvalue weighted by Gasteiger charge is 2.11. The number of hydrogen-bond acceptors (Lipinski definition) is 4. The van der Waals surface area contributed by atoms with Crippen LogP contribution in [0.3, 0.4) is 0 Å². The average Bonchev–Trinajstić information content (AvgIpc) is 2.63. The first-order valence-electron chi connectivity index (χ1n) is 5.16. The highest BCUT2D eigenvalue weighted by Crippen LogP contribution is 2.19. The van der Waals surface area contributed by atoms with E-state index in [-0.39, 0.29) is 0 Å². The van der Waals surface area contributed by atoms with Crippen molar-refractivity contribution in [2.75, 3.05) is 9.93 Å². The molecule has 0 aliphatic rings. The minimum Gasteiger partial charge on any atom is -0.408 e. The summed E-state index contributed by atoms with van der Waals surface area (Å²) in [5, 5.41) is -0.537. The van der Waals surface area contributed by atoms with Crippen molar-refractivity contribution in [2.45, 2.75) is 13.5 Å². The van der Waals surface area contributed by atoms with E-state index >= 15 is 0 Å². The molecule has 8 heteroatoms. The summed E-state index contributed by atoms with van der Waals surface area (Å²) in [5.41, 5.74) is 1.26. The van der Waals surface area contributed by atoms with Gasteiger partial charge in [-0.3, -0.25) is 9.29 Å². The number of nitrogens with one attached hydrogen (secondary N) is 1.